The van der Waals surface area contributed by atoms with E-state index >= 15 is 0 Å². The zero-order valence-electron chi connectivity index (χ0n) is 9.67. The largest absolute Gasteiger partial charge is 0.461 e. The fraction of sp³-hybridized carbons (Fsp3) is 0.417. The van der Waals surface area contributed by atoms with Crippen molar-refractivity contribution in [1.82, 2.24) is 0 Å². The molecule has 1 aromatic carbocycles. The molecule has 0 aliphatic rings. The maximum absolute atomic E-state index is 12.2. The number of benzene rings is 1. The van der Waals surface area contributed by atoms with Gasteiger partial charge in [0.1, 0.15) is 6.61 Å². The predicted molar refractivity (Wildman–Crippen MR) is 57.7 cm³/mol. The van der Waals surface area contributed by atoms with E-state index in [-0.39, 0.29) is 18.3 Å². The first kappa shape index (κ1) is 12.5. The molecule has 0 aliphatic heterocycles. The molecule has 0 aliphatic carbocycles. The smallest absolute Gasteiger partial charge is 0.305 e. The Hall–Kier alpha value is -1.58. The lowest BCUT2D eigenvalue weighted by atomic mass is 10.1. The van der Waals surface area contributed by atoms with Crippen molar-refractivity contribution in [2.45, 2.75) is 33.8 Å². The van der Waals surface area contributed by atoms with Crippen LogP contribution in [0.25, 0.3) is 0 Å². The van der Waals surface area contributed by atoms with Gasteiger partial charge < -0.3 is 4.74 Å². The van der Waals surface area contributed by atoms with Crippen LogP contribution in [0.1, 0.15) is 30.0 Å². The lowest BCUT2D eigenvalue weighted by molar-refractivity contribution is -0.144. The molecule has 88 valence electrons. The molecule has 0 saturated carbocycles. The van der Waals surface area contributed by atoms with Crippen LogP contribution in [-0.4, -0.2) is 5.97 Å². The normalized spacial score (nSPS) is 10.0. The zero-order valence-corrected chi connectivity index (χ0v) is 9.67. The molecule has 0 N–H and O–H groups in total. The first-order valence-electron chi connectivity index (χ1n) is 5.12. The summed E-state index contributed by atoms with van der Waals surface area (Å²) in [7, 11) is 0. The summed E-state index contributed by atoms with van der Waals surface area (Å²) in [5.74, 6) is -0.0216. The second-order valence-electron chi connectivity index (χ2n) is 3.65. The third kappa shape index (κ3) is 2.95. The van der Waals surface area contributed by atoms with Crippen molar-refractivity contribution in [2.24, 2.45) is 0 Å². The van der Waals surface area contributed by atoms with E-state index in [1.54, 1.807) is 32.9 Å². The lowest BCUT2D eigenvalue weighted by Gasteiger charge is -2.08. The van der Waals surface area contributed by atoms with Crippen molar-refractivity contribution < 1.29 is 19.0 Å². The summed E-state index contributed by atoms with van der Waals surface area (Å²) < 4.78 is 17.1. The Bertz CT molecular complexity index is 365. The van der Waals surface area contributed by atoms with Gasteiger partial charge in [0, 0.05) is 10.9 Å². The molecule has 0 heterocycles. The molecule has 0 atom stereocenters. The topological polar surface area (TPSA) is 35.5 Å². The minimum Gasteiger partial charge on any atom is -0.461 e. The van der Waals surface area contributed by atoms with Crippen molar-refractivity contribution >= 4 is 5.97 Å². The molecular weight excluding hydrogens is 211 g/mol. The number of carbonyl (C=O) groups is 1. The van der Waals surface area contributed by atoms with Gasteiger partial charge >= 0.3 is 5.97 Å². The number of ether oxygens (including phenoxy) is 1. The van der Waals surface area contributed by atoms with Crippen LogP contribution in [0, 0.1) is 13.8 Å². The van der Waals surface area contributed by atoms with Gasteiger partial charge in [-0.05, 0) is 42.7 Å². The van der Waals surface area contributed by atoms with Crippen LogP contribution in [0.3, 0.4) is 0 Å². The molecule has 0 fully saturated rings. The van der Waals surface area contributed by atoms with E-state index in [0.717, 1.165) is 5.56 Å². The van der Waals surface area contributed by atoms with E-state index in [1.165, 1.54) is 0 Å². The highest BCUT2D eigenvalue weighted by molar-refractivity contribution is 5.68. The second-order valence-corrected chi connectivity index (χ2v) is 3.65. The van der Waals surface area contributed by atoms with Gasteiger partial charge in [-0.25, -0.2) is 0 Å². The molecule has 0 radical (unpaired) electrons. The molecule has 0 spiro atoms. The van der Waals surface area contributed by atoms with Crippen LogP contribution in [0.4, 0.5) is 4.53 Å². The molecule has 16 heavy (non-hydrogen) atoms. The predicted octanol–water partition coefficient (Wildman–Crippen LogP) is 3.02. The maximum atomic E-state index is 12.2. The zero-order chi connectivity index (χ0) is 12.1. The highest BCUT2D eigenvalue weighted by Gasteiger charge is 2.08. The van der Waals surface area contributed by atoms with Gasteiger partial charge in [-0.15, -0.1) is 0 Å². The molecule has 0 saturated heterocycles. The van der Waals surface area contributed by atoms with Crippen molar-refractivity contribution in [3.05, 3.63) is 28.8 Å². The summed E-state index contributed by atoms with van der Waals surface area (Å²) in [6.45, 7) is 5.43. The number of aryl methyl sites for hydroxylation is 2. The van der Waals surface area contributed by atoms with Crippen LogP contribution in [0.2, 0.25) is 0 Å². The van der Waals surface area contributed by atoms with Gasteiger partial charge in [0.25, 0.3) is 0 Å². The minimum absolute atomic E-state index is 0.209. The van der Waals surface area contributed by atoms with E-state index in [1.807, 2.05) is 0 Å². The van der Waals surface area contributed by atoms with Gasteiger partial charge in [-0.2, -0.15) is 0 Å². The van der Waals surface area contributed by atoms with Gasteiger partial charge in [-0.3, -0.25) is 9.74 Å². The lowest BCUT2D eigenvalue weighted by Crippen LogP contribution is -2.03. The van der Waals surface area contributed by atoms with E-state index in [9.17, 15) is 9.32 Å². The molecule has 0 amide bonds. The molecule has 3 nitrogen and oxygen atoms in total. The standard InChI is InChI=1S/C12H15FO3/c1-4-11(14)15-7-10-5-8(2)12(16-13)9(3)6-10/h5-6H,4,7H2,1-3H3. The number of rotatable bonds is 4. The Balaban J connectivity index is 2.79. The minimum atomic E-state index is -0.249. The van der Waals surface area contributed by atoms with E-state index in [2.05, 4.69) is 4.94 Å². The average molecular weight is 226 g/mol. The van der Waals surface area contributed by atoms with Crippen LogP contribution < -0.4 is 4.94 Å². The van der Waals surface area contributed by atoms with E-state index in [4.69, 9.17) is 4.74 Å². The number of hydrogen-bond acceptors (Lipinski definition) is 3. The van der Waals surface area contributed by atoms with Crippen molar-refractivity contribution in [3.63, 3.8) is 0 Å². The Kier molecular flexibility index (Phi) is 4.28. The summed E-state index contributed by atoms with van der Waals surface area (Å²) in [5, 5.41) is 0. The van der Waals surface area contributed by atoms with Crippen molar-refractivity contribution in [1.29, 1.82) is 0 Å². The van der Waals surface area contributed by atoms with Crippen LogP contribution >= 0.6 is 0 Å². The molecule has 1 rings (SSSR count). The SMILES string of the molecule is CCC(=O)OCc1cc(C)c(OF)c(C)c1. The van der Waals surface area contributed by atoms with Gasteiger partial charge in [0.15, 0.2) is 5.75 Å². The van der Waals surface area contributed by atoms with E-state index in [0.29, 0.717) is 17.5 Å². The van der Waals surface area contributed by atoms with Crippen molar-refractivity contribution in [3.8, 4) is 5.75 Å². The fourth-order valence-corrected chi connectivity index (χ4v) is 1.51. The molecule has 0 unspecified atom stereocenters. The van der Waals surface area contributed by atoms with Crippen LogP contribution in [-0.2, 0) is 16.1 Å². The highest BCUT2D eigenvalue weighted by atomic mass is 19.3. The molecule has 0 bridgehead atoms. The molecule has 4 heteroatoms. The summed E-state index contributed by atoms with van der Waals surface area (Å²) in [4.78, 5) is 14.7. The van der Waals surface area contributed by atoms with Crippen LogP contribution in [0.15, 0.2) is 12.1 Å². The Morgan fingerprint density at radius 1 is 1.31 bits per heavy atom. The van der Waals surface area contributed by atoms with Crippen LogP contribution in [0.5, 0.6) is 5.75 Å². The fourth-order valence-electron chi connectivity index (χ4n) is 1.51. The average Bonchev–Trinajstić information content (AvgIpc) is 2.25. The first-order chi connectivity index (χ1) is 7.58. The number of halogens is 1. The summed E-state index contributed by atoms with van der Waals surface area (Å²) in [5.41, 5.74) is 2.20. The third-order valence-electron chi connectivity index (χ3n) is 2.29. The molecule has 1 aromatic rings. The summed E-state index contributed by atoms with van der Waals surface area (Å²) in [6, 6.07) is 3.48. The highest BCUT2D eigenvalue weighted by Crippen LogP contribution is 2.25. The third-order valence-corrected chi connectivity index (χ3v) is 2.29. The summed E-state index contributed by atoms with van der Waals surface area (Å²) >= 11 is 0. The number of hydrogen-bond donors (Lipinski definition) is 0. The van der Waals surface area contributed by atoms with Gasteiger partial charge in [0.2, 0.25) is 0 Å². The molecular formula is C12H15FO3. The van der Waals surface area contributed by atoms with Crippen molar-refractivity contribution in [2.75, 3.05) is 0 Å². The second kappa shape index (κ2) is 5.49. The Morgan fingerprint density at radius 3 is 2.31 bits per heavy atom. The Morgan fingerprint density at radius 2 is 1.88 bits per heavy atom. The van der Waals surface area contributed by atoms with Gasteiger partial charge in [0.05, 0.1) is 0 Å². The number of esters is 1. The quantitative estimate of drug-likeness (QED) is 0.740. The number of carbonyl (C=O) groups excluding carboxylic acids is 1. The Labute approximate surface area is 94.1 Å². The van der Waals surface area contributed by atoms with Gasteiger partial charge in [-0.1, -0.05) is 6.92 Å². The maximum Gasteiger partial charge on any atom is 0.305 e. The summed E-state index contributed by atoms with van der Waals surface area (Å²) in [6.07, 6.45) is 0.351. The van der Waals surface area contributed by atoms with E-state index < -0.39 is 0 Å². The monoisotopic (exact) mass is 226 g/mol. The first-order valence-corrected chi connectivity index (χ1v) is 5.12. The molecule has 0 aromatic heterocycles.